The predicted molar refractivity (Wildman–Crippen MR) is 79.5 cm³/mol. The quantitative estimate of drug-likeness (QED) is 0.275. The zero-order chi connectivity index (χ0) is 16.6. The highest BCUT2D eigenvalue weighted by atomic mass is 16.6. The molecule has 2 saturated carbocycles. The highest BCUT2D eigenvalue weighted by Gasteiger charge is 2.67. The van der Waals surface area contributed by atoms with E-state index in [0.29, 0.717) is 11.8 Å². The first kappa shape index (κ1) is 13.6. The van der Waals surface area contributed by atoms with E-state index < -0.39 is 10.8 Å². The van der Waals surface area contributed by atoms with Crippen LogP contribution >= 0.6 is 0 Å². The van der Waals surface area contributed by atoms with Gasteiger partial charge in [0.1, 0.15) is 4.92 Å². The summed E-state index contributed by atoms with van der Waals surface area (Å²) in [6.07, 6.45) is 6.47. The highest BCUT2D eigenvalue weighted by molar-refractivity contribution is 6.06. The van der Waals surface area contributed by atoms with Crippen LogP contribution in [0.3, 0.4) is 0 Å². The third kappa shape index (κ3) is 1.65. The summed E-state index contributed by atoms with van der Waals surface area (Å²) in [6, 6.07) is 2.58. The molecule has 1 aromatic heterocycles. The van der Waals surface area contributed by atoms with Gasteiger partial charge in [0.25, 0.3) is 11.8 Å². The Hall–Kier alpha value is -2.77. The van der Waals surface area contributed by atoms with E-state index in [9.17, 15) is 19.7 Å². The van der Waals surface area contributed by atoms with Crippen LogP contribution in [-0.4, -0.2) is 28.0 Å². The summed E-state index contributed by atoms with van der Waals surface area (Å²) in [5, 5.41) is 15.5. The molecule has 4 aliphatic carbocycles. The normalized spacial score (nSPS) is 38.8. The smallest absolute Gasteiger partial charge is 0.400 e. The van der Waals surface area contributed by atoms with Crippen molar-refractivity contribution in [3.8, 4) is 0 Å². The summed E-state index contributed by atoms with van der Waals surface area (Å²) >= 11 is 0. The monoisotopic (exact) mass is 327 g/mol. The molecule has 1 aliphatic heterocycles. The van der Waals surface area contributed by atoms with Crippen LogP contribution in [0.1, 0.15) is 12.2 Å². The van der Waals surface area contributed by atoms with Gasteiger partial charge < -0.3 is 4.42 Å². The van der Waals surface area contributed by atoms with Gasteiger partial charge in [0.15, 0.2) is 5.76 Å². The molecule has 0 radical (unpaired) electrons. The second kappa shape index (κ2) is 4.40. The topological polar surface area (TPSA) is 106 Å². The molecule has 1 aromatic rings. The number of amides is 2. The Labute approximate surface area is 135 Å². The van der Waals surface area contributed by atoms with Gasteiger partial charge in [-0.1, -0.05) is 12.2 Å². The highest BCUT2D eigenvalue weighted by Crippen LogP contribution is 2.65. The SMILES string of the molecule is O=C1[C@@H]2[C@H]3C=C[C@@H]([C@@H]4C[C@H]34)[C@H]2C(=O)N1N=Cc1ccc([N+](=O)[O-])o1. The molecule has 8 nitrogen and oxygen atoms in total. The number of nitrogens with zero attached hydrogens (tertiary/aromatic N) is 3. The Bertz CT molecular complexity index is 805. The molecular formula is C16H13N3O5. The van der Waals surface area contributed by atoms with Crippen molar-refractivity contribution in [2.45, 2.75) is 6.42 Å². The van der Waals surface area contributed by atoms with Gasteiger partial charge >= 0.3 is 5.88 Å². The van der Waals surface area contributed by atoms with Crippen LogP contribution in [0.15, 0.2) is 33.8 Å². The second-order valence-corrected chi connectivity index (χ2v) is 6.82. The molecule has 6 atom stereocenters. The summed E-state index contributed by atoms with van der Waals surface area (Å²) in [4.78, 5) is 35.3. The van der Waals surface area contributed by atoms with E-state index in [0.717, 1.165) is 11.4 Å². The lowest BCUT2D eigenvalue weighted by molar-refractivity contribution is -0.402. The minimum atomic E-state index is -0.659. The molecule has 8 heteroatoms. The van der Waals surface area contributed by atoms with Gasteiger partial charge in [0, 0.05) is 0 Å². The molecule has 122 valence electrons. The average molecular weight is 327 g/mol. The number of carbonyl (C=O) groups excluding carboxylic acids is 2. The van der Waals surface area contributed by atoms with E-state index in [1.165, 1.54) is 18.3 Å². The van der Waals surface area contributed by atoms with Gasteiger partial charge in [0.05, 0.1) is 24.1 Å². The number of imide groups is 1. The van der Waals surface area contributed by atoms with Gasteiger partial charge in [-0.15, -0.1) is 0 Å². The molecule has 5 aliphatic rings. The predicted octanol–water partition coefficient (Wildman–Crippen LogP) is 1.57. The van der Waals surface area contributed by atoms with Crippen LogP contribution in [0, 0.1) is 45.6 Å². The number of allylic oxidation sites excluding steroid dienone is 2. The fourth-order valence-corrected chi connectivity index (χ4v) is 4.68. The molecule has 24 heavy (non-hydrogen) atoms. The van der Waals surface area contributed by atoms with Crippen molar-refractivity contribution in [2.24, 2.45) is 40.6 Å². The van der Waals surface area contributed by atoms with E-state index in [2.05, 4.69) is 17.3 Å². The lowest BCUT2D eigenvalue weighted by atomic mass is 9.63. The molecule has 2 amide bonds. The van der Waals surface area contributed by atoms with E-state index in [1.54, 1.807) is 0 Å². The number of hydrazone groups is 1. The largest absolute Gasteiger partial charge is 0.433 e. The first-order chi connectivity index (χ1) is 11.6. The minimum Gasteiger partial charge on any atom is -0.400 e. The maximum Gasteiger partial charge on any atom is 0.433 e. The standard InChI is InChI=1S/C16H13N3O5/c20-15-13-8-2-3-9(11-5-10(8)11)14(13)16(21)18(15)17-6-7-1-4-12(24-7)19(22)23/h1-4,6,8-11,13-14H,5H2/t8-,9-,10-,11+,13+,14+/m0/s1. The third-order valence-electron chi connectivity index (χ3n) is 5.73. The van der Waals surface area contributed by atoms with Crippen molar-refractivity contribution in [3.05, 3.63) is 40.2 Å². The van der Waals surface area contributed by atoms with Gasteiger partial charge in [-0.25, -0.2) is 0 Å². The summed E-state index contributed by atoms with van der Waals surface area (Å²) in [6.45, 7) is 0. The van der Waals surface area contributed by atoms with E-state index >= 15 is 0 Å². The van der Waals surface area contributed by atoms with E-state index in [-0.39, 0.29) is 41.2 Å². The van der Waals surface area contributed by atoms with Crippen LogP contribution < -0.4 is 0 Å². The van der Waals surface area contributed by atoms with Crippen molar-refractivity contribution < 1.29 is 18.9 Å². The molecule has 6 rings (SSSR count). The first-order valence-electron chi connectivity index (χ1n) is 7.90. The molecular weight excluding hydrogens is 314 g/mol. The van der Waals surface area contributed by atoms with E-state index in [4.69, 9.17) is 4.42 Å². The Kier molecular flexibility index (Phi) is 2.50. The molecule has 0 unspecified atom stereocenters. The van der Waals surface area contributed by atoms with Crippen molar-refractivity contribution in [1.29, 1.82) is 0 Å². The lowest BCUT2D eigenvalue weighted by Crippen LogP contribution is -2.40. The molecule has 1 saturated heterocycles. The number of rotatable bonds is 3. The maximum absolute atomic E-state index is 12.7. The average Bonchev–Trinajstić information content (AvgIpc) is 3.20. The Morgan fingerprint density at radius 2 is 1.79 bits per heavy atom. The Balaban J connectivity index is 1.42. The lowest BCUT2D eigenvalue weighted by Gasteiger charge is -2.37. The zero-order valence-electron chi connectivity index (χ0n) is 12.4. The van der Waals surface area contributed by atoms with Crippen LogP contribution in [0.5, 0.6) is 0 Å². The maximum atomic E-state index is 12.7. The van der Waals surface area contributed by atoms with Crippen molar-refractivity contribution in [3.63, 3.8) is 0 Å². The summed E-state index contributed by atoms with van der Waals surface area (Å²) in [5.41, 5.74) is 0. The van der Waals surface area contributed by atoms with Gasteiger partial charge in [0.2, 0.25) is 0 Å². The summed E-state index contributed by atoms with van der Waals surface area (Å²) in [5.74, 6) is -0.0765. The Morgan fingerprint density at radius 1 is 1.17 bits per heavy atom. The molecule has 3 fully saturated rings. The number of furan rings is 1. The van der Waals surface area contributed by atoms with Crippen molar-refractivity contribution in [2.75, 3.05) is 0 Å². The minimum absolute atomic E-state index is 0.126. The van der Waals surface area contributed by atoms with Crippen LogP contribution in [0.25, 0.3) is 0 Å². The molecule has 2 heterocycles. The number of hydrogen-bond acceptors (Lipinski definition) is 6. The van der Waals surface area contributed by atoms with Gasteiger partial charge in [-0.05, 0) is 36.2 Å². The number of hydrogen-bond donors (Lipinski definition) is 0. The van der Waals surface area contributed by atoms with Crippen molar-refractivity contribution in [1.82, 2.24) is 5.01 Å². The molecule has 0 N–H and O–H groups in total. The van der Waals surface area contributed by atoms with Crippen LogP contribution in [0.4, 0.5) is 5.88 Å². The molecule has 0 aromatic carbocycles. The van der Waals surface area contributed by atoms with Crippen LogP contribution in [-0.2, 0) is 9.59 Å². The Morgan fingerprint density at radius 3 is 2.33 bits per heavy atom. The fraction of sp³-hybridized carbons (Fsp3) is 0.438. The van der Waals surface area contributed by atoms with Gasteiger partial charge in [-0.3, -0.25) is 19.7 Å². The van der Waals surface area contributed by atoms with Gasteiger partial charge in [-0.2, -0.15) is 10.1 Å². The summed E-state index contributed by atoms with van der Waals surface area (Å²) < 4.78 is 4.96. The first-order valence-corrected chi connectivity index (χ1v) is 7.90. The van der Waals surface area contributed by atoms with E-state index in [1.807, 2.05) is 0 Å². The molecule has 2 bridgehead atoms. The second-order valence-electron chi connectivity index (χ2n) is 6.82. The van der Waals surface area contributed by atoms with Crippen molar-refractivity contribution >= 4 is 23.9 Å². The number of carbonyl (C=O) groups is 2. The zero-order valence-corrected chi connectivity index (χ0v) is 12.4. The van der Waals surface area contributed by atoms with Crippen LogP contribution in [0.2, 0.25) is 0 Å². The number of nitro groups is 1. The summed E-state index contributed by atoms with van der Waals surface area (Å²) in [7, 11) is 0. The molecule has 0 spiro atoms. The fourth-order valence-electron chi connectivity index (χ4n) is 4.68. The third-order valence-corrected chi connectivity index (χ3v) is 5.73.